The minimum absolute atomic E-state index is 0.474. The van der Waals surface area contributed by atoms with Crippen LogP contribution in [0.5, 0.6) is 0 Å². The van der Waals surface area contributed by atoms with Crippen LogP contribution in [0.15, 0.2) is 12.1 Å². The van der Waals surface area contributed by atoms with Gasteiger partial charge in [-0.1, -0.05) is 23.2 Å². The second-order valence-electron chi connectivity index (χ2n) is 2.11. The molecule has 1 heterocycles. The minimum Gasteiger partial charge on any atom is -0.335 e. The highest BCUT2D eigenvalue weighted by atomic mass is 35.5. The second kappa shape index (κ2) is 2.40. The summed E-state index contributed by atoms with van der Waals surface area (Å²) in [5.41, 5.74) is 1.51. The summed E-state index contributed by atoms with van der Waals surface area (Å²) < 4.78 is 0. The van der Waals surface area contributed by atoms with Crippen LogP contribution >= 0.6 is 23.2 Å². The van der Waals surface area contributed by atoms with E-state index in [-0.39, 0.29) is 0 Å². The van der Waals surface area contributed by atoms with E-state index in [0.717, 1.165) is 5.52 Å². The maximum Gasteiger partial charge on any atom is 0.174 e. The van der Waals surface area contributed by atoms with Crippen molar-refractivity contribution in [1.29, 1.82) is 0 Å². The summed E-state index contributed by atoms with van der Waals surface area (Å²) in [7, 11) is 0. The molecular formula is C7H3Cl2N2. The fraction of sp³-hybridized carbons (Fsp3) is 0. The SMILES string of the molecule is Clc1ccc2[nH][c]nc2c1Cl. The van der Waals surface area contributed by atoms with Gasteiger partial charge in [-0.2, -0.15) is 0 Å². The molecule has 1 aromatic carbocycles. The molecule has 0 unspecified atom stereocenters. The summed E-state index contributed by atoms with van der Waals surface area (Å²) in [5.74, 6) is 0. The van der Waals surface area contributed by atoms with E-state index in [1.165, 1.54) is 0 Å². The Hall–Kier alpha value is -0.730. The van der Waals surface area contributed by atoms with Crippen LogP contribution in [0.25, 0.3) is 11.0 Å². The van der Waals surface area contributed by atoms with Gasteiger partial charge in [-0.15, -0.1) is 0 Å². The van der Waals surface area contributed by atoms with Crippen molar-refractivity contribution in [1.82, 2.24) is 9.97 Å². The summed E-state index contributed by atoms with van der Waals surface area (Å²) >= 11 is 11.6. The Balaban J connectivity index is 2.93. The first kappa shape index (κ1) is 6.95. The zero-order chi connectivity index (χ0) is 7.84. The number of imidazole rings is 1. The van der Waals surface area contributed by atoms with E-state index in [2.05, 4.69) is 16.3 Å². The van der Waals surface area contributed by atoms with Gasteiger partial charge in [0.15, 0.2) is 6.33 Å². The molecule has 1 radical (unpaired) electrons. The number of hydrogen-bond donors (Lipinski definition) is 1. The first-order chi connectivity index (χ1) is 5.29. The van der Waals surface area contributed by atoms with Crippen molar-refractivity contribution in [2.24, 2.45) is 0 Å². The lowest BCUT2D eigenvalue weighted by molar-refractivity contribution is 1.32. The Bertz CT molecular complexity index is 394. The van der Waals surface area contributed by atoms with Gasteiger partial charge in [0.2, 0.25) is 0 Å². The highest BCUT2D eigenvalue weighted by Gasteiger charge is 2.04. The average Bonchev–Trinajstić information content (AvgIpc) is 2.45. The van der Waals surface area contributed by atoms with Crippen LogP contribution in [-0.2, 0) is 0 Å². The molecule has 1 N–H and O–H groups in total. The van der Waals surface area contributed by atoms with E-state index < -0.39 is 0 Å². The molecule has 0 amide bonds. The molecule has 2 rings (SSSR count). The van der Waals surface area contributed by atoms with Gasteiger partial charge >= 0.3 is 0 Å². The Kier molecular flexibility index (Phi) is 1.51. The number of halogens is 2. The summed E-state index contributed by atoms with van der Waals surface area (Å²) in [6.45, 7) is 0. The van der Waals surface area contributed by atoms with Crippen molar-refractivity contribution >= 4 is 34.2 Å². The molecule has 1 aromatic heterocycles. The molecule has 0 aliphatic rings. The zero-order valence-electron chi connectivity index (χ0n) is 5.36. The Morgan fingerprint density at radius 2 is 2.18 bits per heavy atom. The van der Waals surface area contributed by atoms with Gasteiger partial charge in [-0.05, 0) is 12.1 Å². The lowest BCUT2D eigenvalue weighted by Crippen LogP contribution is -1.72. The summed E-state index contributed by atoms with van der Waals surface area (Å²) in [6, 6.07) is 3.53. The third kappa shape index (κ3) is 0.988. The van der Waals surface area contributed by atoms with Crippen molar-refractivity contribution in [2.45, 2.75) is 0 Å². The maximum absolute atomic E-state index is 5.83. The molecule has 0 atom stereocenters. The smallest absolute Gasteiger partial charge is 0.174 e. The molecule has 0 aliphatic heterocycles. The van der Waals surface area contributed by atoms with Gasteiger partial charge in [0, 0.05) is 0 Å². The van der Waals surface area contributed by atoms with Crippen LogP contribution in [0.2, 0.25) is 10.0 Å². The van der Waals surface area contributed by atoms with E-state index in [4.69, 9.17) is 23.2 Å². The Morgan fingerprint density at radius 3 is 3.00 bits per heavy atom. The highest BCUT2D eigenvalue weighted by molar-refractivity contribution is 6.44. The molecule has 2 nitrogen and oxygen atoms in total. The molecule has 55 valence electrons. The number of aromatic amines is 1. The van der Waals surface area contributed by atoms with Crippen molar-refractivity contribution in [3.63, 3.8) is 0 Å². The number of hydrogen-bond acceptors (Lipinski definition) is 1. The zero-order valence-corrected chi connectivity index (χ0v) is 6.87. The third-order valence-electron chi connectivity index (χ3n) is 1.43. The van der Waals surface area contributed by atoms with Crippen LogP contribution in [-0.4, -0.2) is 9.97 Å². The lowest BCUT2D eigenvalue weighted by Gasteiger charge is -1.93. The quantitative estimate of drug-likeness (QED) is 0.673. The van der Waals surface area contributed by atoms with Crippen LogP contribution in [0.4, 0.5) is 0 Å². The number of H-pyrrole nitrogens is 1. The topological polar surface area (TPSA) is 28.7 Å². The summed E-state index contributed by atoms with van der Waals surface area (Å²) in [6.07, 6.45) is 2.59. The van der Waals surface area contributed by atoms with E-state index in [1.807, 2.05) is 6.07 Å². The minimum atomic E-state index is 0.474. The molecule has 11 heavy (non-hydrogen) atoms. The van der Waals surface area contributed by atoms with Gasteiger partial charge in [-0.3, -0.25) is 0 Å². The van der Waals surface area contributed by atoms with Crippen molar-refractivity contribution < 1.29 is 0 Å². The molecule has 0 fully saturated rings. The van der Waals surface area contributed by atoms with Crippen LogP contribution in [0.1, 0.15) is 0 Å². The highest BCUT2D eigenvalue weighted by Crippen LogP contribution is 2.27. The number of aromatic nitrogens is 2. The van der Waals surface area contributed by atoms with Crippen LogP contribution in [0, 0.1) is 6.33 Å². The molecule has 0 bridgehead atoms. The molecule has 0 aliphatic carbocycles. The van der Waals surface area contributed by atoms with Gasteiger partial charge in [0.1, 0.15) is 5.52 Å². The summed E-state index contributed by atoms with van der Waals surface area (Å²) in [5, 5.41) is 0.987. The van der Waals surface area contributed by atoms with Crippen LogP contribution in [0.3, 0.4) is 0 Å². The van der Waals surface area contributed by atoms with E-state index in [9.17, 15) is 0 Å². The van der Waals surface area contributed by atoms with E-state index in [0.29, 0.717) is 15.6 Å². The van der Waals surface area contributed by atoms with E-state index in [1.54, 1.807) is 6.07 Å². The largest absolute Gasteiger partial charge is 0.335 e. The van der Waals surface area contributed by atoms with Gasteiger partial charge < -0.3 is 4.98 Å². The first-order valence-electron chi connectivity index (χ1n) is 2.99. The fourth-order valence-electron chi connectivity index (χ4n) is 0.894. The van der Waals surface area contributed by atoms with Gasteiger partial charge in [0.05, 0.1) is 15.6 Å². The number of benzene rings is 1. The molecule has 0 saturated heterocycles. The van der Waals surface area contributed by atoms with E-state index >= 15 is 0 Å². The van der Waals surface area contributed by atoms with Crippen molar-refractivity contribution in [2.75, 3.05) is 0 Å². The monoisotopic (exact) mass is 185 g/mol. The van der Waals surface area contributed by atoms with Crippen LogP contribution < -0.4 is 0 Å². The predicted octanol–water partition coefficient (Wildman–Crippen LogP) is 2.67. The molecule has 2 aromatic rings. The normalized spacial score (nSPS) is 10.7. The molecule has 0 spiro atoms. The third-order valence-corrected chi connectivity index (χ3v) is 2.22. The number of nitrogens with one attached hydrogen (secondary N) is 1. The standard InChI is InChI=1S/C7H3Cl2N2/c8-4-1-2-5-7(6(4)9)11-3-10-5/h1-2H,(H,10,11). The Labute approximate surface area is 73.1 Å². The number of rotatable bonds is 0. The molecular weight excluding hydrogens is 183 g/mol. The maximum atomic E-state index is 5.83. The number of nitrogens with zero attached hydrogens (tertiary/aromatic N) is 1. The van der Waals surface area contributed by atoms with Crippen molar-refractivity contribution in [3.05, 3.63) is 28.5 Å². The average molecular weight is 186 g/mol. The molecule has 0 saturated carbocycles. The lowest BCUT2D eigenvalue weighted by atomic mass is 10.3. The first-order valence-corrected chi connectivity index (χ1v) is 3.74. The predicted molar refractivity (Wildman–Crippen MR) is 44.9 cm³/mol. The summed E-state index contributed by atoms with van der Waals surface area (Å²) in [4.78, 5) is 6.69. The molecule has 4 heteroatoms. The fourth-order valence-corrected chi connectivity index (χ4v) is 1.25. The van der Waals surface area contributed by atoms with Gasteiger partial charge in [-0.25, -0.2) is 4.98 Å². The number of fused-ring (bicyclic) bond motifs is 1. The van der Waals surface area contributed by atoms with Crippen molar-refractivity contribution in [3.8, 4) is 0 Å². The Morgan fingerprint density at radius 1 is 1.36 bits per heavy atom. The second-order valence-corrected chi connectivity index (χ2v) is 2.89. The van der Waals surface area contributed by atoms with Gasteiger partial charge in [0.25, 0.3) is 0 Å².